The van der Waals surface area contributed by atoms with E-state index in [4.69, 9.17) is 0 Å². The van der Waals surface area contributed by atoms with Gasteiger partial charge in [-0.1, -0.05) is 19.8 Å². The minimum atomic E-state index is -0.0620. The maximum atomic E-state index is 12.6. The lowest BCUT2D eigenvalue weighted by molar-refractivity contribution is -0.141. The van der Waals surface area contributed by atoms with Gasteiger partial charge in [0.15, 0.2) is 0 Å². The largest absolute Gasteiger partial charge is 0.337 e. The van der Waals surface area contributed by atoms with Gasteiger partial charge in [0.05, 0.1) is 0 Å². The van der Waals surface area contributed by atoms with Gasteiger partial charge in [0, 0.05) is 23.4 Å². The Kier molecular flexibility index (Phi) is 2.74. The first kappa shape index (κ1) is 11.3. The number of carbonyl (C=O) groups excluding carboxylic acids is 1. The fourth-order valence-corrected chi connectivity index (χ4v) is 4.06. The Morgan fingerprint density at radius 3 is 2.94 bits per heavy atom. The van der Waals surface area contributed by atoms with Gasteiger partial charge in [-0.3, -0.25) is 4.79 Å². The SMILES string of the molecule is CC1(C(=O)N2CCc3sccc3C2)CCCC1. The molecular weight excluding hydrogens is 230 g/mol. The maximum Gasteiger partial charge on any atom is 0.228 e. The number of hydrogen-bond acceptors (Lipinski definition) is 2. The standard InChI is InChI=1S/C14H19NOS/c1-14(6-2-3-7-14)13(16)15-8-4-12-11(10-15)5-9-17-12/h5,9H,2-4,6-8,10H2,1H3. The predicted octanol–water partition coefficient (Wildman–Crippen LogP) is 3.21. The van der Waals surface area contributed by atoms with Crippen molar-refractivity contribution in [3.05, 3.63) is 21.9 Å². The molecule has 1 saturated carbocycles. The number of hydrogen-bond donors (Lipinski definition) is 0. The summed E-state index contributed by atoms with van der Waals surface area (Å²) in [6.45, 7) is 3.92. The summed E-state index contributed by atoms with van der Waals surface area (Å²) in [6, 6.07) is 2.18. The molecule has 1 amide bonds. The van der Waals surface area contributed by atoms with E-state index in [1.165, 1.54) is 23.3 Å². The molecule has 2 aliphatic rings. The van der Waals surface area contributed by atoms with Crippen molar-refractivity contribution in [1.29, 1.82) is 0 Å². The third kappa shape index (κ3) is 1.90. The van der Waals surface area contributed by atoms with Crippen molar-refractivity contribution >= 4 is 17.2 Å². The van der Waals surface area contributed by atoms with Gasteiger partial charge >= 0.3 is 0 Å². The van der Waals surface area contributed by atoms with Crippen LogP contribution in [0.25, 0.3) is 0 Å². The summed E-state index contributed by atoms with van der Waals surface area (Å²) >= 11 is 1.83. The minimum Gasteiger partial charge on any atom is -0.337 e. The van der Waals surface area contributed by atoms with Crippen LogP contribution in [-0.4, -0.2) is 17.4 Å². The number of rotatable bonds is 1. The second kappa shape index (κ2) is 4.13. The average molecular weight is 249 g/mol. The van der Waals surface area contributed by atoms with Crippen LogP contribution in [0.2, 0.25) is 0 Å². The van der Waals surface area contributed by atoms with E-state index in [0.717, 1.165) is 32.4 Å². The normalized spacial score (nSPS) is 22.5. The number of amides is 1. The lowest BCUT2D eigenvalue weighted by Gasteiger charge is -2.34. The quantitative estimate of drug-likeness (QED) is 0.748. The Balaban J connectivity index is 1.76. The van der Waals surface area contributed by atoms with Crippen molar-refractivity contribution in [3.63, 3.8) is 0 Å². The zero-order chi connectivity index (χ0) is 11.9. The van der Waals surface area contributed by atoms with Crippen LogP contribution in [0.1, 0.15) is 43.0 Å². The first-order valence-corrected chi connectivity index (χ1v) is 7.42. The Morgan fingerprint density at radius 2 is 2.18 bits per heavy atom. The molecule has 0 atom stereocenters. The molecule has 1 aliphatic carbocycles. The molecule has 0 aromatic carbocycles. The van der Waals surface area contributed by atoms with Gasteiger partial charge < -0.3 is 4.90 Å². The van der Waals surface area contributed by atoms with Crippen LogP contribution in [0.5, 0.6) is 0 Å². The van der Waals surface area contributed by atoms with Gasteiger partial charge in [0.1, 0.15) is 0 Å². The minimum absolute atomic E-state index is 0.0620. The van der Waals surface area contributed by atoms with Crippen molar-refractivity contribution in [3.8, 4) is 0 Å². The highest BCUT2D eigenvalue weighted by atomic mass is 32.1. The van der Waals surface area contributed by atoms with Gasteiger partial charge in [0.25, 0.3) is 0 Å². The molecule has 1 aliphatic heterocycles. The molecule has 3 heteroatoms. The molecular formula is C14H19NOS. The van der Waals surface area contributed by atoms with Crippen LogP contribution < -0.4 is 0 Å². The van der Waals surface area contributed by atoms with Crippen molar-refractivity contribution in [1.82, 2.24) is 4.90 Å². The van der Waals surface area contributed by atoms with E-state index in [1.54, 1.807) is 0 Å². The van der Waals surface area contributed by atoms with Gasteiger partial charge in [-0.25, -0.2) is 0 Å². The van der Waals surface area contributed by atoms with Crippen molar-refractivity contribution < 1.29 is 4.79 Å². The first-order chi connectivity index (χ1) is 8.19. The maximum absolute atomic E-state index is 12.6. The molecule has 3 rings (SSSR count). The molecule has 0 N–H and O–H groups in total. The number of nitrogens with zero attached hydrogens (tertiary/aromatic N) is 1. The number of carbonyl (C=O) groups is 1. The van der Waals surface area contributed by atoms with Crippen molar-refractivity contribution in [2.75, 3.05) is 6.54 Å². The second-order valence-corrected chi connectivity index (χ2v) is 6.61. The lowest BCUT2D eigenvalue weighted by atomic mass is 9.86. The average Bonchev–Trinajstić information content (AvgIpc) is 2.96. The zero-order valence-corrected chi connectivity index (χ0v) is 11.2. The van der Waals surface area contributed by atoms with Crippen molar-refractivity contribution in [2.45, 2.75) is 45.6 Å². The van der Waals surface area contributed by atoms with Crippen LogP contribution in [0.15, 0.2) is 11.4 Å². The number of thiophene rings is 1. The van der Waals surface area contributed by atoms with E-state index in [1.807, 2.05) is 11.3 Å². The van der Waals surface area contributed by atoms with Gasteiger partial charge in [0.2, 0.25) is 5.91 Å². The molecule has 0 unspecified atom stereocenters. The summed E-state index contributed by atoms with van der Waals surface area (Å²) < 4.78 is 0. The molecule has 0 saturated heterocycles. The molecule has 0 spiro atoms. The molecule has 92 valence electrons. The Hall–Kier alpha value is -0.830. The van der Waals surface area contributed by atoms with Crippen LogP contribution in [-0.2, 0) is 17.8 Å². The molecule has 2 heterocycles. The summed E-state index contributed by atoms with van der Waals surface area (Å²) in [5.41, 5.74) is 1.31. The topological polar surface area (TPSA) is 20.3 Å². The number of fused-ring (bicyclic) bond motifs is 1. The smallest absolute Gasteiger partial charge is 0.228 e. The third-order valence-corrected chi connectivity index (χ3v) is 5.34. The second-order valence-electron chi connectivity index (χ2n) is 5.61. The Bertz CT molecular complexity index is 431. The summed E-state index contributed by atoms with van der Waals surface area (Å²) in [7, 11) is 0. The van der Waals surface area contributed by atoms with Gasteiger partial charge in [-0.15, -0.1) is 11.3 Å². The van der Waals surface area contributed by atoms with Crippen molar-refractivity contribution in [2.24, 2.45) is 5.41 Å². The Labute approximate surface area is 107 Å². The van der Waals surface area contributed by atoms with E-state index in [0.29, 0.717) is 5.91 Å². The monoisotopic (exact) mass is 249 g/mol. The van der Waals surface area contributed by atoms with Crippen LogP contribution >= 0.6 is 11.3 Å². The Morgan fingerprint density at radius 1 is 1.41 bits per heavy atom. The van der Waals surface area contributed by atoms with Crippen LogP contribution in [0, 0.1) is 5.41 Å². The molecule has 17 heavy (non-hydrogen) atoms. The van der Waals surface area contributed by atoms with E-state index in [-0.39, 0.29) is 5.41 Å². The van der Waals surface area contributed by atoms with Crippen LogP contribution in [0.3, 0.4) is 0 Å². The molecule has 2 nitrogen and oxygen atoms in total. The fourth-order valence-electron chi connectivity index (χ4n) is 3.17. The summed E-state index contributed by atoms with van der Waals surface area (Å²) in [6.07, 6.45) is 5.66. The summed E-state index contributed by atoms with van der Waals surface area (Å²) in [5, 5.41) is 2.15. The molecule has 1 aromatic rings. The van der Waals surface area contributed by atoms with E-state index in [9.17, 15) is 4.79 Å². The van der Waals surface area contributed by atoms with Gasteiger partial charge in [-0.2, -0.15) is 0 Å². The molecule has 1 fully saturated rings. The summed E-state index contributed by atoms with van der Waals surface area (Å²) in [5.74, 6) is 0.395. The molecule has 0 bridgehead atoms. The zero-order valence-electron chi connectivity index (χ0n) is 10.4. The molecule has 0 radical (unpaired) electrons. The first-order valence-electron chi connectivity index (χ1n) is 6.54. The van der Waals surface area contributed by atoms with E-state index < -0.39 is 0 Å². The highest BCUT2D eigenvalue weighted by molar-refractivity contribution is 7.10. The summed E-state index contributed by atoms with van der Waals surface area (Å²) in [4.78, 5) is 16.1. The van der Waals surface area contributed by atoms with E-state index >= 15 is 0 Å². The highest BCUT2D eigenvalue weighted by Gasteiger charge is 2.39. The third-order valence-electron chi connectivity index (χ3n) is 4.32. The van der Waals surface area contributed by atoms with Gasteiger partial charge in [-0.05, 0) is 36.3 Å². The predicted molar refractivity (Wildman–Crippen MR) is 70.0 cm³/mol. The van der Waals surface area contributed by atoms with Crippen LogP contribution in [0.4, 0.5) is 0 Å². The lowest BCUT2D eigenvalue weighted by Crippen LogP contribution is -2.43. The fraction of sp³-hybridized carbons (Fsp3) is 0.643. The van der Waals surface area contributed by atoms with E-state index in [2.05, 4.69) is 23.3 Å². The molecule has 1 aromatic heterocycles. The highest BCUT2D eigenvalue weighted by Crippen LogP contribution is 2.40.